The lowest BCUT2D eigenvalue weighted by Gasteiger charge is -2.14. The quantitative estimate of drug-likeness (QED) is 0.576. The molecule has 2 aromatic carbocycles. The Morgan fingerprint density at radius 3 is 2.65 bits per heavy atom. The molecule has 0 amide bonds. The summed E-state index contributed by atoms with van der Waals surface area (Å²) in [6.45, 7) is 4.58. The molecule has 0 unspecified atom stereocenters. The summed E-state index contributed by atoms with van der Waals surface area (Å²) in [5.41, 5.74) is 5.32. The van der Waals surface area contributed by atoms with E-state index in [4.69, 9.17) is 0 Å². The zero-order valence-electron chi connectivity index (χ0n) is 15.9. The molecule has 2 nitrogen and oxygen atoms in total. The smallest absolute Gasteiger partial charge is 0.213 e. The first-order valence-electron chi connectivity index (χ1n) is 9.17. The molecule has 0 aliphatic carbocycles. The van der Waals surface area contributed by atoms with Gasteiger partial charge in [0.15, 0.2) is 6.20 Å². The highest BCUT2D eigenvalue weighted by atomic mass is 32.2. The van der Waals surface area contributed by atoms with Crippen LogP contribution in [-0.4, -0.2) is 7.05 Å². The Kier molecular flexibility index (Phi) is 4.49. The molecule has 0 spiro atoms. The maximum Gasteiger partial charge on any atom is 0.213 e. The largest absolute Gasteiger partial charge is 0.338 e. The van der Waals surface area contributed by atoms with E-state index in [0.717, 1.165) is 6.42 Å². The summed E-state index contributed by atoms with van der Waals surface area (Å²) in [6, 6.07) is 17.5. The average Bonchev–Trinajstić information content (AvgIpc) is 2.93. The van der Waals surface area contributed by atoms with Crippen LogP contribution in [-0.2, 0) is 13.5 Å². The third kappa shape index (κ3) is 3.01. The molecule has 3 aromatic rings. The van der Waals surface area contributed by atoms with Crippen molar-refractivity contribution in [3.05, 3.63) is 70.9 Å². The van der Waals surface area contributed by atoms with E-state index >= 15 is 0 Å². The van der Waals surface area contributed by atoms with Crippen molar-refractivity contribution >= 4 is 34.4 Å². The highest BCUT2D eigenvalue weighted by Crippen LogP contribution is 2.45. The maximum atomic E-state index is 2.34. The van der Waals surface area contributed by atoms with Gasteiger partial charge in [0.2, 0.25) is 5.52 Å². The molecule has 0 fully saturated rings. The predicted octanol–water partition coefficient (Wildman–Crippen LogP) is 5.40. The molecular weight excluding hydrogens is 336 g/mol. The van der Waals surface area contributed by atoms with Crippen LogP contribution >= 0.6 is 11.8 Å². The Morgan fingerprint density at radius 2 is 1.88 bits per heavy atom. The number of anilines is 1. The van der Waals surface area contributed by atoms with E-state index in [0.29, 0.717) is 5.92 Å². The summed E-state index contributed by atoms with van der Waals surface area (Å²) >= 11 is 1.85. The molecule has 1 aromatic heterocycles. The number of benzene rings is 2. The number of nitrogens with zero attached hydrogens (tertiary/aromatic N) is 2. The van der Waals surface area contributed by atoms with Crippen LogP contribution in [0, 0.1) is 5.92 Å². The number of hydrogen-bond acceptors (Lipinski definition) is 2. The summed E-state index contributed by atoms with van der Waals surface area (Å²) in [5, 5.41) is 2.66. The molecule has 1 aliphatic rings. The lowest BCUT2D eigenvalue weighted by Crippen LogP contribution is -2.28. The van der Waals surface area contributed by atoms with Crippen LogP contribution in [0.15, 0.2) is 64.7 Å². The normalized spacial score (nSPS) is 15.3. The first-order valence-corrected chi connectivity index (χ1v) is 9.99. The van der Waals surface area contributed by atoms with Crippen molar-refractivity contribution in [1.29, 1.82) is 0 Å². The van der Waals surface area contributed by atoms with E-state index in [1.165, 1.54) is 37.6 Å². The summed E-state index contributed by atoms with van der Waals surface area (Å²) < 4.78 is 2.22. The molecule has 0 saturated heterocycles. The van der Waals surface area contributed by atoms with Gasteiger partial charge in [-0.15, -0.1) is 0 Å². The van der Waals surface area contributed by atoms with E-state index in [2.05, 4.69) is 98.2 Å². The van der Waals surface area contributed by atoms with Gasteiger partial charge in [-0.1, -0.05) is 49.9 Å². The van der Waals surface area contributed by atoms with Crippen molar-refractivity contribution in [3.8, 4) is 0 Å². The molecule has 0 N–H and O–H groups in total. The molecule has 1 aliphatic heterocycles. The van der Waals surface area contributed by atoms with E-state index < -0.39 is 0 Å². The fraction of sp³-hybridized carbons (Fsp3) is 0.261. The van der Waals surface area contributed by atoms with Crippen LogP contribution in [0.2, 0.25) is 0 Å². The van der Waals surface area contributed by atoms with Gasteiger partial charge < -0.3 is 4.90 Å². The van der Waals surface area contributed by atoms with Crippen LogP contribution < -0.4 is 9.47 Å². The van der Waals surface area contributed by atoms with Gasteiger partial charge in [0.1, 0.15) is 7.05 Å². The zero-order chi connectivity index (χ0) is 18.3. The molecule has 0 atom stereocenters. The van der Waals surface area contributed by atoms with E-state index in [1.807, 2.05) is 11.8 Å². The van der Waals surface area contributed by atoms with Gasteiger partial charge in [0.25, 0.3) is 0 Å². The second kappa shape index (κ2) is 6.81. The summed E-state index contributed by atoms with van der Waals surface area (Å²) in [6.07, 6.45) is 5.61. The van der Waals surface area contributed by atoms with Crippen LogP contribution in [0.25, 0.3) is 17.0 Å². The number of thioether (sulfide) groups is 1. The Balaban J connectivity index is 1.86. The number of rotatable bonds is 3. The van der Waals surface area contributed by atoms with Crippen molar-refractivity contribution in [3.63, 3.8) is 0 Å². The minimum atomic E-state index is 0.638. The molecule has 0 bridgehead atoms. The third-order valence-electron chi connectivity index (χ3n) is 4.95. The minimum absolute atomic E-state index is 0.638. The zero-order valence-corrected chi connectivity index (χ0v) is 16.7. The Hall–Kier alpha value is -2.26. The lowest BCUT2D eigenvalue weighted by molar-refractivity contribution is -0.644. The number of aryl methyl sites for hydroxylation is 1. The van der Waals surface area contributed by atoms with Crippen molar-refractivity contribution < 1.29 is 4.57 Å². The number of hydrogen-bond donors (Lipinski definition) is 0. The standard InChI is InChI=1S/C23H25N2S/c1-16(2)14-17-8-7-10-20-23(17)18(12-13-24(20)3)15-22-25(4)19-9-5-6-11-21(19)26-22/h5-13,15-16H,14H2,1-4H3/q+1. The molecule has 4 rings (SSSR count). The van der Waals surface area contributed by atoms with Crippen molar-refractivity contribution in [2.75, 3.05) is 11.9 Å². The highest BCUT2D eigenvalue weighted by Gasteiger charge is 2.22. The molecule has 26 heavy (non-hydrogen) atoms. The maximum absolute atomic E-state index is 2.34. The second-order valence-corrected chi connectivity index (χ2v) is 8.46. The second-order valence-electron chi connectivity index (χ2n) is 7.40. The van der Waals surface area contributed by atoms with Crippen molar-refractivity contribution in [1.82, 2.24) is 0 Å². The first-order chi connectivity index (χ1) is 12.5. The summed E-state index contributed by atoms with van der Waals surface area (Å²) in [4.78, 5) is 3.62. The van der Waals surface area contributed by atoms with Gasteiger partial charge in [0, 0.05) is 24.1 Å². The SMILES string of the molecule is CC(C)Cc1cccc2c1c(/C=C1\Sc3ccccc3N1C)cc[n+]2C. The average molecular weight is 362 g/mol. The van der Waals surface area contributed by atoms with Crippen LogP contribution in [0.4, 0.5) is 5.69 Å². The van der Waals surface area contributed by atoms with Crippen LogP contribution in [0.3, 0.4) is 0 Å². The fourth-order valence-electron chi connectivity index (χ4n) is 3.68. The number of para-hydroxylation sites is 1. The fourth-order valence-corrected chi connectivity index (χ4v) is 4.78. The van der Waals surface area contributed by atoms with E-state index in [9.17, 15) is 0 Å². The molecule has 0 saturated carbocycles. The third-order valence-corrected chi connectivity index (χ3v) is 6.12. The summed E-state index contributed by atoms with van der Waals surface area (Å²) in [7, 11) is 4.29. The van der Waals surface area contributed by atoms with Gasteiger partial charge in [-0.05, 0) is 41.7 Å². The van der Waals surface area contributed by atoms with Crippen LogP contribution in [0.1, 0.15) is 25.0 Å². The van der Waals surface area contributed by atoms with Crippen LogP contribution in [0.5, 0.6) is 0 Å². The topological polar surface area (TPSA) is 7.12 Å². The van der Waals surface area contributed by atoms with Crippen molar-refractivity contribution in [2.45, 2.75) is 25.2 Å². The van der Waals surface area contributed by atoms with Crippen molar-refractivity contribution in [2.24, 2.45) is 13.0 Å². The first kappa shape index (κ1) is 17.2. The van der Waals surface area contributed by atoms with Gasteiger partial charge >= 0.3 is 0 Å². The van der Waals surface area contributed by atoms with Gasteiger partial charge in [0.05, 0.1) is 16.1 Å². The molecule has 0 radical (unpaired) electrons. The lowest BCUT2D eigenvalue weighted by atomic mass is 9.96. The minimum Gasteiger partial charge on any atom is -0.338 e. The van der Waals surface area contributed by atoms with E-state index in [1.54, 1.807) is 0 Å². The molecule has 132 valence electrons. The van der Waals surface area contributed by atoms with E-state index in [-0.39, 0.29) is 0 Å². The number of aromatic nitrogens is 1. The van der Waals surface area contributed by atoms with Gasteiger partial charge in [-0.25, -0.2) is 4.57 Å². The van der Waals surface area contributed by atoms with Gasteiger partial charge in [-0.3, -0.25) is 0 Å². The number of fused-ring (bicyclic) bond motifs is 2. The molecular formula is C23H25N2S+. The molecule has 3 heteroatoms. The molecule has 2 heterocycles. The Labute approximate surface area is 160 Å². The highest BCUT2D eigenvalue weighted by molar-refractivity contribution is 8.03. The predicted molar refractivity (Wildman–Crippen MR) is 112 cm³/mol. The monoisotopic (exact) mass is 361 g/mol. The summed E-state index contributed by atoms with van der Waals surface area (Å²) in [5.74, 6) is 0.638. The Bertz CT molecular complexity index is 1000. The number of pyridine rings is 1. The Morgan fingerprint density at radius 1 is 1.08 bits per heavy atom. The van der Waals surface area contributed by atoms with Gasteiger partial charge in [-0.2, -0.15) is 0 Å².